The first-order valence-electron chi connectivity index (χ1n) is 6.34. The van der Waals surface area contributed by atoms with E-state index in [4.69, 9.17) is 10.5 Å². The van der Waals surface area contributed by atoms with Crippen LogP contribution in [0.15, 0.2) is 30.3 Å². The molecule has 0 saturated carbocycles. The van der Waals surface area contributed by atoms with E-state index in [1.165, 1.54) is 0 Å². The van der Waals surface area contributed by atoms with Gasteiger partial charge in [0, 0.05) is 19.7 Å². The summed E-state index contributed by atoms with van der Waals surface area (Å²) in [6, 6.07) is 9.51. The Hall–Kier alpha value is -1.39. The number of hydrogen-bond donors (Lipinski definition) is 1. The number of ether oxygens (including phenoxy) is 1. The summed E-state index contributed by atoms with van der Waals surface area (Å²) >= 11 is 0. The molecule has 1 amide bonds. The Balaban J connectivity index is 2.16. The molecule has 1 atom stereocenters. The zero-order chi connectivity index (χ0) is 13.0. The molecular formula is C14H20N2O2. The van der Waals surface area contributed by atoms with Crippen molar-refractivity contribution in [1.82, 2.24) is 4.90 Å². The molecule has 4 heteroatoms. The largest absolute Gasteiger partial charge is 0.380 e. The molecule has 1 aliphatic heterocycles. The molecule has 1 saturated heterocycles. The molecule has 2 N–H and O–H groups in total. The van der Waals surface area contributed by atoms with Crippen molar-refractivity contribution in [2.24, 2.45) is 5.73 Å². The van der Waals surface area contributed by atoms with Gasteiger partial charge in [-0.05, 0) is 18.9 Å². The van der Waals surface area contributed by atoms with Crippen molar-refractivity contribution in [2.75, 3.05) is 26.3 Å². The highest BCUT2D eigenvalue weighted by atomic mass is 16.5. The molecule has 1 aromatic carbocycles. The number of amides is 1. The summed E-state index contributed by atoms with van der Waals surface area (Å²) in [4.78, 5) is 14.3. The lowest BCUT2D eigenvalue weighted by atomic mass is 9.91. The van der Waals surface area contributed by atoms with Gasteiger partial charge in [0.15, 0.2) is 0 Å². The lowest BCUT2D eigenvalue weighted by molar-refractivity contribution is -0.136. The van der Waals surface area contributed by atoms with E-state index in [0.29, 0.717) is 13.2 Å². The minimum absolute atomic E-state index is 0.0285. The van der Waals surface area contributed by atoms with Crippen molar-refractivity contribution < 1.29 is 9.53 Å². The van der Waals surface area contributed by atoms with Gasteiger partial charge in [-0.25, -0.2) is 0 Å². The average molecular weight is 248 g/mol. The zero-order valence-corrected chi connectivity index (χ0v) is 10.8. The molecule has 0 spiro atoms. The van der Waals surface area contributed by atoms with E-state index in [1.807, 2.05) is 30.3 Å². The third-order valence-electron chi connectivity index (χ3n) is 3.33. The summed E-state index contributed by atoms with van der Waals surface area (Å²) in [5.74, 6) is -0.0285. The molecule has 1 aromatic rings. The van der Waals surface area contributed by atoms with Crippen LogP contribution in [0.5, 0.6) is 0 Å². The predicted molar refractivity (Wildman–Crippen MR) is 70.0 cm³/mol. The Kier molecular flexibility index (Phi) is 3.99. The summed E-state index contributed by atoms with van der Waals surface area (Å²) in [5, 5.41) is 0. The molecule has 0 radical (unpaired) electrons. The highest BCUT2D eigenvalue weighted by molar-refractivity contribution is 5.87. The van der Waals surface area contributed by atoms with Crippen LogP contribution in [0.4, 0.5) is 0 Å². The zero-order valence-electron chi connectivity index (χ0n) is 10.8. The van der Waals surface area contributed by atoms with E-state index in [2.05, 4.69) is 0 Å². The lowest BCUT2D eigenvalue weighted by Gasteiger charge is -2.31. The number of rotatable bonds is 2. The van der Waals surface area contributed by atoms with E-state index in [0.717, 1.165) is 25.1 Å². The SMILES string of the molecule is CC(N)(C(=O)N1CCCOCC1)c1ccccc1. The first-order chi connectivity index (χ1) is 8.62. The maximum atomic E-state index is 12.5. The van der Waals surface area contributed by atoms with E-state index in [1.54, 1.807) is 11.8 Å². The van der Waals surface area contributed by atoms with Crippen molar-refractivity contribution in [3.63, 3.8) is 0 Å². The number of carbonyl (C=O) groups is 1. The Morgan fingerprint density at radius 1 is 1.28 bits per heavy atom. The normalized spacial score (nSPS) is 20.0. The number of nitrogens with zero attached hydrogens (tertiary/aromatic N) is 1. The first-order valence-corrected chi connectivity index (χ1v) is 6.34. The molecule has 2 rings (SSSR count). The van der Waals surface area contributed by atoms with Crippen molar-refractivity contribution in [3.05, 3.63) is 35.9 Å². The Morgan fingerprint density at radius 2 is 2.00 bits per heavy atom. The molecule has 4 nitrogen and oxygen atoms in total. The standard InChI is InChI=1S/C14H20N2O2/c1-14(15,12-6-3-2-4-7-12)13(17)16-8-5-10-18-11-9-16/h2-4,6-7H,5,8-11,15H2,1H3. The molecule has 0 aliphatic carbocycles. The van der Waals surface area contributed by atoms with Gasteiger partial charge >= 0.3 is 0 Å². The number of nitrogens with two attached hydrogens (primary N) is 1. The van der Waals surface area contributed by atoms with Crippen molar-refractivity contribution >= 4 is 5.91 Å². The number of carbonyl (C=O) groups excluding carboxylic acids is 1. The fourth-order valence-electron chi connectivity index (χ4n) is 2.19. The van der Waals surface area contributed by atoms with Crippen LogP contribution in [0.25, 0.3) is 0 Å². The Labute approximate surface area is 108 Å². The Bertz CT molecular complexity index is 396. The van der Waals surface area contributed by atoms with Gasteiger partial charge < -0.3 is 15.4 Å². The summed E-state index contributed by atoms with van der Waals surface area (Å²) in [6.45, 7) is 4.43. The molecule has 1 heterocycles. The summed E-state index contributed by atoms with van der Waals surface area (Å²) < 4.78 is 5.36. The smallest absolute Gasteiger partial charge is 0.247 e. The van der Waals surface area contributed by atoms with Gasteiger partial charge in [0.1, 0.15) is 5.54 Å². The van der Waals surface area contributed by atoms with Crippen LogP contribution in [0.1, 0.15) is 18.9 Å². The van der Waals surface area contributed by atoms with E-state index in [-0.39, 0.29) is 5.91 Å². The summed E-state index contributed by atoms with van der Waals surface area (Å²) in [5.41, 5.74) is 6.11. The third-order valence-corrected chi connectivity index (χ3v) is 3.33. The van der Waals surface area contributed by atoms with E-state index < -0.39 is 5.54 Å². The molecular weight excluding hydrogens is 228 g/mol. The van der Waals surface area contributed by atoms with Gasteiger partial charge in [-0.2, -0.15) is 0 Å². The summed E-state index contributed by atoms with van der Waals surface area (Å²) in [6.07, 6.45) is 0.872. The van der Waals surface area contributed by atoms with Crippen LogP contribution in [0.2, 0.25) is 0 Å². The first kappa shape index (κ1) is 13.1. The van der Waals surface area contributed by atoms with Crippen molar-refractivity contribution in [1.29, 1.82) is 0 Å². The average Bonchev–Trinajstić information content (AvgIpc) is 2.67. The maximum absolute atomic E-state index is 12.5. The van der Waals surface area contributed by atoms with Crippen LogP contribution in [0, 0.1) is 0 Å². The van der Waals surface area contributed by atoms with Crippen LogP contribution in [-0.4, -0.2) is 37.1 Å². The highest BCUT2D eigenvalue weighted by Gasteiger charge is 2.34. The number of benzene rings is 1. The van der Waals surface area contributed by atoms with Gasteiger partial charge in [-0.1, -0.05) is 30.3 Å². The van der Waals surface area contributed by atoms with Crippen LogP contribution >= 0.6 is 0 Å². The molecule has 98 valence electrons. The van der Waals surface area contributed by atoms with E-state index >= 15 is 0 Å². The molecule has 0 bridgehead atoms. The fraction of sp³-hybridized carbons (Fsp3) is 0.500. The Morgan fingerprint density at radius 3 is 2.72 bits per heavy atom. The van der Waals surface area contributed by atoms with Crippen LogP contribution in [-0.2, 0) is 15.1 Å². The van der Waals surface area contributed by atoms with Gasteiger partial charge in [0.05, 0.1) is 6.61 Å². The predicted octanol–water partition coefficient (Wildman–Crippen LogP) is 1.11. The molecule has 18 heavy (non-hydrogen) atoms. The second-order valence-corrected chi connectivity index (χ2v) is 4.83. The molecule has 1 unspecified atom stereocenters. The van der Waals surface area contributed by atoms with E-state index in [9.17, 15) is 4.79 Å². The minimum atomic E-state index is -0.967. The second kappa shape index (κ2) is 5.50. The quantitative estimate of drug-likeness (QED) is 0.853. The fourth-order valence-corrected chi connectivity index (χ4v) is 2.19. The van der Waals surface area contributed by atoms with Gasteiger partial charge in [-0.15, -0.1) is 0 Å². The van der Waals surface area contributed by atoms with Crippen LogP contribution in [0.3, 0.4) is 0 Å². The van der Waals surface area contributed by atoms with Gasteiger partial charge in [0.25, 0.3) is 0 Å². The summed E-state index contributed by atoms with van der Waals surface area (Å²) in [7, 11) is 0. The van der Waals surface area contributed by atoms with Crippen LogP contribution < -0.4 is 5.73 Å². The third kappa shape index (κ3) is 2.71. The second-order valence-electron chi connectivity index (χ2n) is 4.83. The monoisotopic (exact) mass is 248 g/mol. The van der Waals surface area contributed by atoms with Gasteiger partial charge in [0.2, 0.25) is 5.91 Å². The minimum Gasteiger partial charge on any atom is -0.380 e. The van der Waals surface area contributed by atoms with Gasteiger partial charge in [-0.3, -0.25) is 4.79 Å². The topological polar surface area (TPSA) is 55.6 Å². The molecule has 1 aliphatic rings. The molecule has 0 aromatic heterocycles. The lowest BCUT2D eigenvalue weighted by Crippen LogP contribution is -2.51. The number of hydrogen-bond acceptors (Lipinski definition) is 3. The highest BCUT2D eigenvalue weighted by Crippen LogP contribution is 2.20. The maximum Gasteiger partial charge on any atom is 0.247 e. The molecule has 1 fully saturated rings. The van der Waals surface area contributed by atoms with Crippen molar-refractivity contribution in [3.8, 4) is 0 Å². The van der Waals surface area contributed by atoms with Crippen molar-refractivity contribution in [2.45, 2.75) is 18.9 Å².